The third-order valence-corrected chi connectivity index (χ3v) is 3.08. The second kappa shape index (κ2) is 6.70. The van der Waals surface area contributed by atoms with E-state index in [1.165, 1.54) is 16.2 Å². The molecule has 4 heteroatoms. The van der Waals surface area contributed by atoms with E-state index in [1.807, 2.05) is 18.2 Å². The molecule has 1 aromatic heterocycles. The van der Waals surface area contributed by atoms with Crippen molar-refractivity contribution >= 4 is 11.6 Å². The van der Waals surface area contributed by atoms with Gasteiger partial charge in [-0.05, 0) is 24.5 Å². The summed E-state index contributed by atoms with van der Waals surface area (Å²) in [6, 6.07) is 13.2. The molecule has 1 amide bonds. The van der Waals surface area contributed by atoms with E-state index in [0.29, 0.717) is 12.1 Å². The van der Waals surface area contributed by atoms with Gasteiger partial charge in [-0.15, -0.1) is 0 Å². The average Bonchev–Trinajstić information content (AvgIpc) is 2.44. The Bertz CT molecular complexity index is 632. The molecule has 0 aliphatic carbocycles. The Morgan fingerprint density at radius 3 is 2.60 bits per heavy atom. The van der Waals surface area contributed by atoms with E-state index in [-0.39, 0.29) is 11.5 Å². The highest BCUT2D eigenvalue weighted by Gasteiger charge is 2.03. The summed E-state index contributed by atoms with van der Waals surface area (Å²) in [5, 5.41) is 2.80. The van der Waals surface area contributed by atoms with Crippen molar-refractivity contribution in [3.63, 3.8) is 0 Å². The Labute approximate surface area is 118 Å². The number of hydrogen-bond donors (Lipinski definition) is 1. The molecule has 0 saturated carbocycles. The first-order chi connectivity index (χ1) is 9.65. The predicted molar refractivity (Wildman–Crippen MR) is 79.7 cm³/mol. The second-order valence-electron chi connectivity index (χ2n) is 4.75. The molecule has 0 aliphatic heterocycles. The standard InChI is InChI=1S/C16H18N2O2/c1-18-12-14(10-11-16(18)20)17-15(19)9-5-8-13-6-3-2-4-7-13/h2-4,6-7,10-12H,5,8-9H2,1H3,(H,17,19). The predicted octanol–water partition coefficient (Wildman–Crippen LogP) is 2.35. The fourth-order valence-electron chi connectivity index (χ4n) is 1.99. The summed E-state index contributed by atoms with van der Waals surface area (Å²) in [5.41, 5.74) is 1.80. The van der Waals surface area contributed by atoms with Gasteiger partial charge in [-0.2, -0.15) is 0 Å². The first-order valence-electron chi connectivity index (χ1n) is 6.65. The fourth-order valence-corrected chi connectivity index (χ4v) is 1.99. The van der Waals surface area contributed by atoms with Gasteiger partial charge in [0.25, 0.3) is 0 Å². The van der Waals surface area contributed by atoms with Crippen LogP contribution in [-0.4, -0.2) is 10.5 Å². The monoisotopic (exact) mass is 270 g/mol. The Morgan fingerprint density at radius 2 is 1.90 bits per heavy atom. The van der Waals surface area contributed by atoms with Gasteiger partial charge in [0.2, 0.25) is 11.5 Å². The van der Waals surface area contributed by atoms with Crippen LogP contribution in [0.25, 0.3) is 0 Å². The van der Waals surface area contributed by atoms with E-state index in [2.05, 4.69) is 17.4 Å². The maximum Gasteiger partial charge on any atom is 0.250 e. The quantitative estimate of drug-likeness (QED) is 0.906. The van der Waals surface area contributed by atoms with E-state index in [0.717, 1.165) is 12.8 Å². The smallest absolute Gasteiger partial charge is 0.250 e. The van der Waals surface area contributed by atoms with Crippen molar-refractivity contribution < 1.29 is 4.79 Å². The third-order valence-electron chi connectivity index (χ3n) is 3.08. The molecule has 2 rings (SSSR count). The molecule has 20 heavy (non-hydrogen) atoms. The molecule has 2 aromatic rings. The highest BCUT2D eigenvalue weighted by Crippen LogP contribution is 2.07. The average molecular weight is 270 g/mol. The van der Waals surface area contributed by atoms with Crippen molar-refractivity contribution in [3.05, 3.63) is 64.6 Å². The van der Waals surface area contributed by atoms with Crippen LogP contribution in [-0.2, 0) is 18.3 Å². The number of anilines is 1. The van der Waals surface area contributed by atoms with Gasteiger partial charge in [-0.3, -0.25) is 9.59 Å². The van der Waals surface area contributed by atoms with Crippen LogP contribution in [0.3, 0.4) is 0 Å². The van der Waals surface area contributed by atoms with Gasteiger partial charge >= 0.3 is 0 Å². The highest BCUT2D eigenvalue weighted by atomic mass is 16.1. The van der Waals surface area contributed by atoms with Crippen molar-refractivity contribution in [1.29, 1.82) is 0 Å². The topological polar surface area (TPSA) is 51.1 Å². The van der Waals surface area contributed by atoms with Gasteiger partial charge in [0.05, 0.1) is 5.69 Å². The van der Waals surface area contributed by atoms with E-state index < -0.39 is 0 Å². The van der Waals surface area contributed by atoms with Crippen molar-refractivity contribution in [2.24, 2.45) is 7.05 Å². The van der Waals surface area contributed by atoms with Crippen LogP contribution in [0.4, 0.5) is 5.69 Å². The summed E-state index contributed by atoms with van der Waals surface area (Å²) in [6.45, 7) is 0. The summed E-state index contributed by atoms with van der Waals surface area (Å²) < 4.78 is 1.44. The molecule has 1 N–H and O–H groups in total. The fraction of sp³-hybridized carbons (Fsp3) is 0.250. The van der Waals surface area contributed by atoms with Crippen molar-refractivity contribution in [3.8, 4) is 0 Å². The lowest BCUT2D eigenvalue weighted by molar-refractivity contribution is -0.116. The van der Waals surface area contributed by atoms with Gasteiger partial charge in [0.15, 0.2) is 0 Å². The van der Waals surface area contributed by atoms with Crippen LogP contribution >= 0.6 is 0 Å². The van der Waals surface area contributed by atoms with E-state index >= 15 is 0 Å². The number of rotatable bonds is 5. The molecule has 1 aromatic carbocycles. The SMILES string of the molecule is Cn1cc(NC(=O)CCCc2ccccc2)ccc1=O. The number of nitrogens with one attached hydrogen (secondary N) is 1. The number of benzene rings is 1. The highest BCUT2D eigenvalue weighted by molar-refractivity contribution is 5.90. The Balaban J connectivity index is 1.80. The number of aromatic nitrogens is 1. The minimum Gasteiger partial charge on any atom is -0.325 e. The number of carbonyl (C=O) groups excluding carboxylic acids is 1. The maximum absolute atomic E-state index is 11.8. The molecule has 0 atom stereocenters. The molecule has 104 valence electrons. The lowest BCUT2D eigenvalue weighted by Gasteiger charge is -2.06. The molecule has 0 aliphatic rings. The van der Waals surface area contributed by atoms with Crippen molar-refractivity contribution in [1.82, 2.24) is 4.57 Å². The Hall–Kier alpha value is -2.36. The summed E-state index contributed by atoms with van der Waals surface area (Å²) in [4.78, 5) is 23.0. The van der Waals surface area contributed by atoms with Gasteiger partial charge in [-0.1, -0.05) is 30.3 Å². The van der Waals surface area contributed by atoms with Crippen LogP contribution < -0.4 is 10.9 Å². The minimum absolute atomic E-state index is 0.0282. The normalized spacial score (nSPS) is 10.2. The molecule has 0 fully saturated rings. The molecule has 4 nitrogen and oxygen atoms in total. The van der Waals surface area contributed by atoms with Crippen LogP contribution in [0, 0.1) is 0 Å². The first kappa shape index (κ1) is 14.1. The summed E-state index contributed by atoms with van der Waals surface area (Å²) >= 11 is 0. The van der Waals surface area contributed by atoms with Crippen LogP contribution in [0.1, 0.15) is 18.4 Å². The van der Waals surface area contributed by atoms with Crippen LogP contribution in [0.5, 0.6) is 0 Å². The largest absolute Gasteiger partial charge is 0.325 e. The van der Waals surface area contributed by atoms with Gasteiger partial charge in [0, 0.05) is 25.7 Å². The first-order valence-corrected chi connectivity index (χ1v) is 6.65. The lowest BCUT2D eigenvalue weighted by atomic mass is 10.1. The van der Waals surface area contributed by atoms with Crippen molar-refractivity contribution in [2.45, 2.75) is 19.3 Å². The molecule has 0 unspecified atom stereocenters. The van der Waals surface area contributed by atoms with E-state index in [4.69, 9.17) is 0 Å². The zero-order valence-corrected chi connectivity index (χ0v) is 11.5. The number of amides is 1. The molecule has 0 bridgehead atoms. The second-order valence-corrected chi connectivity index (χ2v) is 4.75. The molecule has 1 heterocycles. The molecule has 0 saturated heterocycles. The molecular weight excluding hydrogens is 252 g/mol. The Kier molecular flexibility index (Phi) is 4.71. The number of pyridine rings is 1. The van der Waals surface area contributed by atoms with Gasteiger partial charge in [-0.25, -0.2) is 0 Å². The maximum atomic E-state index is 11.8. The third kappa shape index (κ3) is 4.09. The zero-order chi connectivity index (χ0) is 14.4. The van der Waals surface area contributed by atoms with Crippen molar-refractivity contribution in [2.75, 3.05) is 5.32 Å². The summed E-state index contributed by atoms with van der Waals surface area (Å²) in [5.74, 6) is -0.0282. The Morgan fingerprint density at radius 1 is 1.15 bits per heavy atom. The van der Waals surface area contributed by atoms with Gasteiger partial charge < -0.3 is 9.88 Å². The van der Waals surface area contributed by atoms with Crippen LogP contribution in [0.2, 0.25) is 0 Å². The van der Waals surface area contributed by atoms with Crippen LogP contribution in [0.15, 0.2) is 53.5 Å². The molecule has 0 radical (unpaired) electrons. The molecule has 0 spiro atoms. The number of aryl methyl sites for hydroxylation is 2. The lowest BCUT2D eigenvalue weighted by Crippen LogP contribution is -2.17. The van der Waals surface area contributed by atoms with E-state index in [1.54, 1.807) is 19.3 Å². The van der Waals surface area contributed by atoms with Gasteiger partial charge in [0.1, 0.15) is 0 Å². The number of nitrogens with zero attached hydrogens (tertiary/aromatic N) is 1. The number of carbonyl (C=O) groups is 1. The summed E-state index contributed by atoms with van der Waals surface area (Å²) in [6.07, 6.45) is 3.79. The number of hydrogen-bond acceptors (Lipinski definition) is 2. The summed E-state index contributed by atoms with van der Waals surface area (Å²) in [7, 11) is 1.66. The minimum atomic E-state index is -0.0907. The van der Waals surface area contributed by atoms with E-state index in [9.17, 15) is 9.59 Å². The zero-order valence-electron chi connectivity index (χ0n) is 11.5. The molecular formula is C16H18N2O2.